The van der Waals surface area contributed by atoms with E-state index in [4.69, 9.17) is 0 Å². The van der Waals surface area contributed by atoms with Crippen LogP contribution in [0.5, 0.6) is 0 Å². The standard InChI is InChI=1S/C19H35N7/c1-16-22-18-10-9-17(15-26(18)24-16)23-19(20-2)21-11-5-3-6-12-25-13-7-4-8-14-25/h17H,3-15H2,1-2H3,(H2,20,21,23). The lowest BCUT2D eigenvalue weighted by atomic mass is 10.1. The maximum absolute atomic E-state index is 4.47. The van der Waals surface area contributed by atoms with Crippen LogP contribution in [0.3, 0.4) is 0 Å². The average molecular weight is 362 g/mol. The highest BCUT2D eigenvalue weighted by atomic mass is 15.4. The van der Waals surface area contributed by atoms with Crippen LogP contribution in [0.2, 0.25) is 0 Å². The lowest BCUT2D eigenvalue weighted by Gasteiger charge is -2.26. The predicted molar refractivity (Wildman–Crippen MR) is 106 cm³/mol. The molecular weight excluding hydrogens is 326 g/mol. The molecule has 1 aromatic rings. The molecule has 0 spiro atoms. The number of hydrogen-bond acceptors (Lipinski definition) is 4. The Morgan fingerprint density at radius 2 is 2.04 bits per heavy atom. The second-order valence-electron chi connectivity index (χ2n) is 7.60. The number of aromatic nitrogens is 3. The van der Waals surface area contributed by atoms with Gasteiger partial charge in [0.05, 0.1) is 6.54 Å². The Morgan fingerprint density at radius 3 is 2.85 bits per heavy atom. The third kappa shape index (κ3) is 5.69. The molecule has 3 heterocycles. The summed E-state index contributed by atoms with van der Waals surface area (Å²) in [5.41, 5.74) is 0. The molecule has 7 nitrogen and oxygen atoms in total. The van der Waals surface area contributed by atoms with Crippen LogP contribution >= 0.6 is 0 Å². The zero-order valence-corrected chi connectivity index (χ0v) is 16.5. The molecule has 1 unspecified atom stereocenters. The molecule has 2 aliphatic heterocycles. The fourth-order valence-corrected chi connectivity index (χ4v) is 3.97. The Morgan fingerprint density at radius 1 is 1.19 bits per heavy atom. The molecule has 0 bridgehead atoms. The number of unbranched alkanes of at least 4 members (excludes halogenated alkanes) is 2. The van der Waals surface area contributed by atoms with Gasteiger partial charge in [-0.1, -0.05) is 12.8 Å². The van der Waals surface area contributed by atoms with Gasteiger partial charge < -0.3 is 15.5 Å². The molecule has 0 radical (unpaired) electrons. The summed E-state index contributed by atoms with van der Waals surface area (Å²) in [6.45, 7) is 7.70. The van der Waals surface area contributed by atoms with Crippen molar-refractivity contribution in [3.8, 4) is 0 Å². The number of fused-ring (bicyclic) bond motifs is 1. The van der Waals surface area contributed by atoms with Crippen molar-refractivity contribution >= 4 is 5.96 Å². The fraction of sp³-hybridized carbons (Fsp3) is 0.842. The van der Waals surface area contributed by atoms with Crippen LogP contribution in [0.25, 0.3) is 0 Å². The van der Waals surface area contributed by atoms with Gasteiger partial charge in [-0.2, -0.15) is 5.10 Å². The van der Waals surface area contributed by atoms with E-state index < -0.39 is 0 Å². The highest BCUT2D eigenvalue weighted by Crippen LogP contribution is 2.13. The van der Waals surface area contributed by atoms with Gasteiger partial charge in [0.1, 0.15) is 11.6 Å². The normalized spacial score (nSPS) is 21.5. The molecule has 3 rings (SSSR count). The van der Waals surface area contributed by atoms with Crippen molar-refractivity contribution < 1.29 is 0 Å². The summed E-state index contributed by atoms with van der Waals surface area (Å²) >= 11 is 0. The number of likely N-dealkylation sites (tertiary alicyclic amines) is 1. The van der Waals surface area contributed by atoms with E-state index in [0.717, 1.165) is 43.5 Å². The van der Waals surface area contributed by atoms with Crippen molar-refractivity contribution in [2.24, 2.45) is 4.99 Å². The fourth-order valence-electron chi connectivity index (χ4n) is 3.97. The van der Waals surface area contributed by atoms with Crippen LogP contribution in [0.1, 0.15) is 56.6 Å². The molecule has 0 amide bonds. The first kappa shape index (κ1) is 19.1. The van der Waals surface area contributed by atoms with Crippen molar-refractivity contribution in [3.63, 3.8) is 0 Å². The van der Waals surface area contributed by atoms with Crippen molar-refractivity contribution in [1.29, 1.82) is 0 Å². The molecule has 1 atom stereocenters. The SMILES string of the molecule is CN=C(NCCCCCN1CCCCC1)NC1CCc2nc(C)nn2C1. The Labute approximate surface area is 157 Å². The van der Waals surface area contributed by atoms with Crippen LogP contribution in [-0.2, 0) is 13.0 Å². The largest absolute Gasteiger partial charge is 0.356 e. The second-order valence-corrected chi connectivity index (χ2v) is 7.60. The van der Waals surface area contributed by atoms with E-state index in [9.17, 15) is 0 Å². The topological polar surface area (TPSA) is 70.4 Å². The summed E-state index contributed by atoms with van der Waals surface area (Å²) < 4.78 is 2.03. The van der Waals surface area contributed by atoms with Gasteiger partial charge in [-0.3, -0.25) is 4.99 Å². The Balaban J connectivity index is 1.29. The molecule has 0 saturated carbocycles. The number of nitrogens with one attached hydrogen (secondary N) is 2. The number of piperidine rings is 1. The van der Waals surface area contributed by atoms with E-state index in [2.05, 4.69) is 30.6 Å². The van der Waals surface area contributed by atoms with Gasteiger partial charge in [-0.15, -0.1) is 0 Å². The summed E-state index contributed by atoms with van der Waals surface area (Å²) in [6, 6.07) is 0.369. The van der Waals surface area contributed by atoms with Gasteiger partial charge in [0.15, 0.2) is 5.96 Å². The lowest BCUT2D eigenvalue weighted by molar-refractivity contribution is 0.224. The third-order valence-electron chi connectivity index (χ3n) is 5.42. The predicted octanol–water partition coefficient (Wildman–Crippen LogP) is 1.72. The van der Waals surface area contributed by atoms with E-state index in [0.29, 0.717) is 6.04 Å². The highest BCUT2D eigenvalue weighted by molar-refractivity contribution is 5.79. The number of aryl methyl sites for hydroxylation is 2. The summed E-state index contributed by atoms with van der Waals surface area (Å²) in [5, 5.41) is 11.5. The molecule has 0 aromatic carbocycles. The van der Waals surface area contributed by atoms with E-state index >= 15 is 0 Å². The van der Waals surface area contributed by atoms with Gasteiger partial charge >= 0.3 is 0 Å². The quantitative estimate of drug-likeness (QED) is 0.440. The molecule has 26 heavy (non-hydrogen) atoms. The van der Waals surface area contributed by atoms with Gasteiger partial charge in [0.2, 0.25) is 0 Å². The maximum Gasteiger partial charge on any atom is 0.191 e. The maximum atomic E-state index is 4.47. The zero-order chi connectivity index (χ0) is 18.2. The number of guanidine groups is 1. The zero-order valence-electron chi connectivity index (χ0n) is 16.5. The Bertz CT molecular complexity index is 574. The number of rotatable bonds is 7. The van der Waals surface area contributed by atoms with Crippen molar-refractivity contribution in [1.82, 2.24) is 30.3 Å². The van der Waals surface area contributed by atoms with Crippen LogP contribution in [0, 0.1) is 6.92 Å². The van der Waals surface area contributed by atoms with E-state index in [1.807, 2.05) is 18.7 Å². The van der Waals surface area contributed by atoms with E-state index in [1.54, 1.807) is 0 Å². The second kappa shape index (κ2) is 9.90. The molecule has 1 fully saturated rings. The molecule has 1 aromatic heterocycles. The van der Waals surface area contributed by atoms with Crippen molar-refractivity contribution in [3.05, 3.63) is 11.6 Å². The number of hydrogen-bond donors (Lipinski definition) is 2. The molecule has 7 heteroatoms. The minimum absolute atomic E-state index is 0.369. The van der Waals surface area contributed by atoms with Crippen LogP contribution < -0.4 is 10.6 Å². The molecule has 2 aliphatic rings. The molecule has 146 valence electrons. The van der Waals surface area contributed by atoms with E-state index in [1.165, 1.54) is 58.2 Å². The van der Waals surface area contributed by atoms with Gasteiger partial charge in [0, 0.05) is 26.1 Å². The van der Waals surface area contributed by atoms with Gasteiger partial charge in [-0.05, 0) is 58.7 Å². The highest BCUT2D eigenvalue weighted by Gasteiger charge is 2.21. The van der Waals surface area contributed by atoms with Crippen molar-refractivity contribution in [2.75, 3.05) is 33.2 Å². The molecular formula is C19H35N7. The van der Waals surface area contributed by atoms with Gasteiger partial charge in [-0.25, -0.2) is 9.67 Å². The first-order valence-corrected chi connectivity index (χ1v) is 10.3. The van der Waals surface area contributed by atoms with Crippen LogP contribution in [0.15, 0.2) is 4.99 Å². The smallest absolute Gasteiger partial charge is 0.191 e. The monoisotopic (exact) mass is 361 g/mol. The Hall–Kier alpha value is -1.63. The number of nitrogens with zero attached hydrogens (tertiary/aromatic N) is 5. The molecule has 2 N–H and O–H groups in total. The van der Waals surface area contributed by atoms with Crippen LogP contribution in [-0.4, -0.2) is 64.9 Å². The minimum atomic E-state index is 0.369. The minimum Gasteiger partial charge on any atom is -0.356 e. The third-order valence-corrected chi connectivity index (χ3v) is 5.42. The van der Waals surface area contributed by atoms with Gasteiger partial charge in [0.25, 0.3) is 0 Å². The molecule has 1 saturated heterocycles. The van der Waals surface area contributed by atoms with E-state index in [-0.39, 0.29) is 0 Å². The Kier molecular flexibility index (Phi) is 7.29. The number of aliphatic imine (C=N–C) groups is 1. The summed E-state index contributed by atoms with van der Waals surface area (Å²) in [6.07, 6.45) is 10.1. The first-order valence-electron chi connectivity index (χ1n) is 10.3. The summed E-state index contributed by atoms with van der Waals surface area (Å²) in [4.78, 5) is 11.5. The van der Waals surface area contributed by atoms with Crippen molar-refractivity contribution in [2.45, 2.75) is 70.9 Å². The first-order chi connectivity index (χ1) is 12.7. The summed E-state index contributed by atoms with van der Waals surface area (Å²) in [7, 11) is 1.85. The van der Waals surface area contributed by atoms with Crippen LogP contribution in [0.4, 0.5) is 0 Å². The molecule has 0 aliphatic carbocycles. The lowest BCUT2D eigenvalue weighted by Crippen LogP contribution is -2.47. The average Bonchev–Trinajstić information content (AvgIpc) is 3.03. The summed E-state index contributed by atoms with van der Waals surface area (Å²) in [5.74, 6) is 2.89.